The highest BCUT2D eigenvalue weighted by Gasteiger charge is 2.60. The van der Waals surface area contributed by atoms with E-state index in [0.717, 1.165) is 44.9 Å². The minimum atomic E-state index is -0.309. The third-order valence-corrected chi connectivity index (χ3v) is 7.61. The summed E-state index contributed by atoms with van der Waals surface area (Å²) in [5.41, 5.74) is 1.26. The quantitative estimate of drug-likeness (QED) is 0.783. The number of allylic oxidation sites excluding steroid dienone is 1. The van der Waals surface area contributed by atoms with E-state index in [1.54, 1.807) is 0 Å². The highest BCUT2D eigenvalue weighted by molar-refractivity contribution is 5.91. The van der Waals surface area contributed by atoms with Crippen molar-refractivity contribution in [2.45, 2.75) is 70.5 Å². The molecule has 0 saturated heterocycles. The molecule has 0 amide bonds. The van der Waals surface area contributed by atoms with Crippen LogP contribution in [0.5, 0.6) is 0 Å². The van der Waals surface area contributed by atoms with Gasteiger partial charge in [0.2, 0.25) is 0 Å². The first-order valence-electron chi connectivity index (χ1n) is 9.16. The van der Waals surface area contributed by atoms with Crippen LogP contribution in [0.4, 0.5) is 0 Å². The average Bonchev–Trinajstić information content (AvgIpc) is 2.84. The number of hydrogen-bond donors (Lipinski definition) is 2. The molecule has 122 valence electrons. The van der Waals surface area contributed by atoms with Gasteiger partial charge >= 0.3 is 0 Å². The number of fused-ring (bicyclic) bond motifs is 5. The summed E-state index contributed by atoms with van der Waals surface area (Å²) in [6.45, 7) is 2.18. The molecule has 0 aromatic heterocycles. The normalized spacial score (nSPS) is 50.9. The Kier molecular flexibility index (Phi) is 3.50. The predicted molar refractivity (Wildman–Crippen MR) is 84.1 cm³/mol. The van der Waals surface area contributed by atoms with E-state index >= 15 is 0 Å². The summed E-state index contributed by atoms with van der Waals surface area (Å²) in [5.74, 6) is 2.12. The fraction of sp³-hybridized carbons (Fsp3) is 0.842. The Morgan fingerprint density at radius 1 is 1.18 bits per heavy atom. The van der Waals surface area contributed by atoms with Crippen molar-refractivity contribution >= 4 is 5.78 Å². The van der Waals surface area contributed by atoms with Crippen LogP contribution in [0, 0.1) is 29.1 Å². The first kappa shape index (κ1) is 14.9. The fourth-order valence-electron chi connectivity index (χ4n) is 6.67. The van der Waals surface area contributed by atoms with Crippen LogP contribution in [-0.4, -0.2) is 28.2 Å². The van der Waals surface area contributed by atoms with Crippen molar-refractivity contribution in [2.24, 2.45) is 29.1 Å². The number of carbonyl (C=O) groups excluding carboxylic acids is 1. The van der Waals surface area contributed by atoms with E-state index in [0.29, 0.717) is 30.1 Å². The van der Waals surface area contributed by atoms with Gasteiger partial charge in [-0.2, -0.15) is 0 Å². The Morgan fingerprint density at radius 3 is 2.77 bits per heavy atom. The summed E-state index contributed by atoms with van der Waals surface area (Å²) in [4.78, 5) is 11.7. The van der Waals surface area contributed by atoms with E-state index < -0.39 is 0 Å². The van der Waals surface area contributed by atoms with Gasteiger partial charge in [0.15, 0.2) is 5.78 Å². The number of carbonyl (C=O) groups is 1. The standard InChI is InChI=1S/C19H28O3/c1-2-19-10-16(21)18-13-6-4-12(20)9-11(13)3-5-14(18)15(19)7-8-17(19)22/h9,13-18,21-22H,2-8,10H2,1H3/t13-,14-,15-,16+,17?,18+,19-/m0/s1. The highest BCUT2D eigenvalue weighted by atomic mass is 16.3. The minimum absolute atomic E-state index is 0.0493. The van der Waals surface area contributed by atoms with Crippen molar-refractivity contribution in [3.63, 3.8) is 0 Å². The zero-order valence-electron chi connectivity index (χ0n) is 13.5. The third kappa shape index (κ3) is 1.91. The summed E-state index contributed by atoms with van der Waals surface area (Å²) in [5, 5.41) is 21.5. The average molecular weight is 304 g/mol. The van der Waals surface area contributed by atoms with E-state index in [9.17, 15) is 15.0 Å². The van der Waals surface area contributed by atoms with Gasteiger partial charge in [-0.3, -0.25) is 4.79 Å². The van der Waals surface area contributed by atoms with E-state index in [1.807, 2.05) is 6.08 Å². The molecule has 3 heteroatoms. The van der Waals surface area contributed by atoms with E-state index in [4.69, 9.17) is 0 Å². The lowest BCUT2D eigenvalue weighted by Crippen LogP contribution is -2.54. The maximum absolute atomic E-state index is 11.7. The molecular weight excluding hydrogens is 276 g/mol. The highest BCUT2D eigenvalue weighted by Crippen LogP contribution is 2.63. The van der Waals surface area contributed by atoms with Gasteiger partial charge in [0, 0.05) is 11.8 Å². The predicted octanol–water partition coefficient (Wildman–Crippen LogP) is 2.85. The van der Waals surface area contributed by atoms with Gasteiger partial charge in [-0.1, -0.05) is 12.5 Å². The molecule has 1 unspecified atom stereocenters. The second-order valence-electron chi connectivity index (χ2n) is 8.17. The number of rotatable bonds is 1. The Hall–Kier alpha value is -0.670. The van der Waals surface area contributed by atoms with Crippen molar-refractivity contribution in [2.75, 3.05) is 0 Å². The number of aliphatic hydroxyl groups is 2. The van der Waals surface area contributed by atoms with Gasteiger partial charge in [0.1, 0.15) is 0 Å². The molecule has 3 fully saturated rings. The van der Waals surface area contributed by atoms with E-state index in [-0.39, 0.29) is 23.4 Å². The van der Waals surface area contributed by atoms with Gasteiger partial charge in [-0.15, -0.1) is 0 Å². The van der Waals surface area contributed by atoms with Gasteiger partial charge < -0.3 is 10.2 Å². The van der Waals surface area contributed by atoms with Gasteiger partial charge in [0.25, 0.3) is 0 Å². The summed E-state index contributed by atoms with van der Waals surface area (Å²) in [6.07, 6.45) is 8.79. The molecule has 0 spiro atoms. The molecule has 0 aromatic rings. The SMILES string of the molecule is CC[C@]12C[C@@H](O)[C@H]3[C@@H](CCC4=CC(=O)CC[C@@H]43)[C@@H]1CCC2O. The molecule has 4 aliphatic rings. The zero-order valence-corrected chi connectivity index (χ0v) is 13.5. The lowest BCUT2D eigenvalue weighted by Gasteiger charge is -2.56. The van der Waals surface area contributed by atoms with Crippen LogP contribution in [0.15, 0.2) is 11.6 Å². The van der Waals surface area contributed by atoms with Crippen LogP contribution in [-0.2, 0) is 4.79 Å². The molecule has 2 N–H and O–H groups in total. The van der Waals surface area contributed by atoms with Crippen LogP contribution >= 0.6 is 0 Å². The van der Waals surface area contributed by atoms with Gasteiger partial charge in [-0.25, -0.2) is 0 Å². The Labute approximate surface area is 132 Å². The zero-order chi connectivity index (χ0) is 15.5. The van der Waals surface area contributed by atoms with Crippen molar-refractivity contribution in [3.8, 4) is 0 Å². The van der Waals surface area contributed by atoms with Crippen LogP contribution in [0.1, 0.15) is 58.3 Å². The maximum atomic E-state index is 11.7. The van der Waals surface area contributed by atoms with Crippen molar-refractivity contribution < 1.29 is 15.0 Å². The summed E-state index contributed by atoms with van der Waals surface area (Å²) >= 11 is 0. The van der Waals surface area contributed by atoms with Crippen molar-refractivity contribution in [1.29, 1.82) is 0 Å². The molecule has 7 atom stereocenters. The number of hydrogen-bond acceptors (Lipinski definition) is 3. The monoisotopic (exact) mass is 304 g/mol. The van der Waals surface area contributed by atoms with Crippen molar-refractivity contribution in [3.05, 3.63) is 11.6 Å². The Morgan fingerprint density at radius 2 is 2.00 bits per heavy atom. The molecule has 4 rings (SSSR count). The van der Waals surface area contributed by atoms with Gasteiger partial charge in [-0.05, 0) is 74.7 Å². The Balaban J connectivity index is 1.69. The van der Waals surface area contributed by atoms with Crippen LogP contribution < -0.4 is 0 Å². The number of ketones is 1. The topological polar surface area (TPSA) is 57.5 Å². The summed E-state index contributed by atoms with van der Waals surface area (Å²) in [6, 6.07) is 0. The molecule has 3 saturated carbocycles. The summed E-state index contributed by atoms with van der Waals surface area (Å²) < 4.78 is 0. The fourth-order valence-corrected chi connectivity index (χ4v) is 6.67. The van der Waals surface area contributed by atoms with Crippen LogP contribution in [0.25, 0.3) is 0 Å². The van der Waals surface area contributed by atoms with Gasteiger partial charge in [0.05, 0.1) is 12.2 Å². The molecule has 4 aliphatic carbocycles. The van der Waals surface area contributed by atoms with Crippen molar-refractivity contribution in [1.82, 2.24) is 0 Å². The molecule has 3 nitrogen and oxygen atoms in total. The molecule has 22 heavy (non-hydrogen) atoms. The second kappa shape index (κ2) is 5.17. The lowest BCUT2D eigenvalue weighted by molar-refractivity contribution is -0.131. The second-order valence-corrected chi connectivity index (χ2v) is 8.17. The maximum Gasteiger partial charge on any atom is 0.155 e. The first-order valence-corrected chi connectivity index (χ1v) is 9.16. The largest absolute Gasteiger partial charge is 0.393 e. The first-order chi connectivity index (χ1) is 10.6. The molecule has 0 radical (unpaired) electrons. The molecule has 0 aliphatic heterocycles. The van der Waals surface area contributed by atoms with E-state index in [1.165, 1.54) is 5.57 Å². The van der Waals surface area contributed by atoms with Crippen LogP contribution in [0.3, 0.4) is 0 Å². The Bertz CT molecular complexity index is 511. The summed E-state index contributed by atoms with van der Waals surface area (Å²) in [7, 11) is 0. The van der Waals surface area contributed by atoms with E-state index in [2.05, 4.69) is 6.92 Å². The number of aliphatic hydroxyl groups excluding tert-OH is 2. The third-order valence-electron chi connectivity index (χ3n) is 7.61. The smallest absolute Gasteiger partial charge is 0.155 e. The minimum Gasteiger partial charge on any atom is -0.393 e. The lowest BCUT2D eigenvalue weighted by atomic mass is 9.50. The molecule has 0 bridgehead atoms. The molecular formula is C19H28O3. The molecule has 0 heterocycles. The molecule has 0 aromatic carbocycles. The van der Waals surface area contributed by atoms with Crippen LogP contribution in [0.2, 0.25) is 0 Å².